The van der Waals surface area contributed by atoms with Gasteiger partial charge in [-0.25, -0.2) is 0 Å². The van der Waals surface area contributed by atoms with Crippen molar-refractivity contribution in [1.82, 2.24) is 4.98 Å². The molecule has 1 fully saturated rings. The van der Waals surface area contributed by atoms with Crippen molar-refractivity contribution in [3.8, 4) is 11.1 Å². The molecule has 0 amide bonds. The summed E-state index contributed by atoms with van der Waals surface area (Å²) in [6, 6.07) is 10.1. The van der Waals surface area contributed by atoms with Gasteiger partial charge in [-0.3, -0.25) is 4.98 Å². The minimum atomic E-state index is -0.936. The highest BCUT2D eigenvalue weighted by Crippen LogP contribution is 2.36. The molecule has 1 aliphatic heterocycles. The first kappa shape index (κ1) is 19.1. The van der Waals surface area contributed by atoms with Crippen LogP contribution in [0.3, 0.4) is 0 Å². The molecule has 0 atom stereocenters. The molecule has 26 heavy (non-hydrogen) atoms. The molecule has 2 aromatic rings. The number of nitrogens with zero attached hydrogens (tertiary/aromatic N) is 1. The van der Waals surface area contributed by atoms with Crippen LogP contribution >= 0.6 is 0 Å². The lowest BCUT2D eigenvalue weighted by Crippen LogP contribution is -2.41. The fourth-order valence-electron chi connectivity index (χ4n) is 3.05. The van der Waals surface area contributed by atoms with Gasteiger partial charge in [-0.2, -0.15) is 0 Å². The Morgan fingerprint density at radius 2 is 1.62 bits per heavy atom. The number of aromatic nitrogens is 1. The molecule has 0 spiro atoms. The largest absolute Gasteiger partial charge is 0.494 e. The third-order valence-corrected chi connectivity index (χ3v) is 5.48. The second kappa shape index (κ2) is 6.19. The Balaban J connectivity index is 1.87. The van der Waals surface area contributed by atoms with E-state index in [-0.39, 0.29) is 18.3 Å². The van der Waals surface area contributed by atoms with Crippen LogP contribution in [0.15, 0.2) is 36.5 Å². The van der Waals surface area contributed by atoms with Crippen molar-refractivity contribution < 1.29 is 14.4 Å². The summed E-state index contributed by atoms with van der Waals surface area (Å²) in [7, 11) is -0.358. The number of hydrogen-bond acceptors (Lipinski definition) is 4. The SMILES string of the molecule is Cc1cc(B2OC(C)(C)C(C)(C)O2)ccc1-c1ccc(C(C)(C)O)nc1. The van der Waals surface area contributed by atoms with E-state index in [1.165, 1.54) is 0 Å². The van der Waals surface area contributed by atoms with Crippen molar-refractivity contribution in [3.05, 3.63) is 47.8 Å². The fraction of sp³-hybridized carbons (Fsp3) is 0.476. The summed E-state index contributed by atoms with van der Waals surface area (Å²) in [4.78, 5) is 4.41. The molecule has 0 saturated carbocycles. The molecule has 5 heteroatoms. The van der Waals surface area contributed by atoms with Crippen LogP contribution in [0.5, 0.6) is 0 Å². The molecule has 1 aliphatic rings. The Bertz CT molecular complexity index is 791. The van der Waals surface area contributed by atoms with Crippen LogP contribution in [0.25, 0.3) is 11.1 Å². The molecule has 0 aliphatic carbocycles. The molecule has 0 unspecified atom stereocenters. The van der Waals surface area contributed by atoms with Gasteiger partial charge in [0.2, 0.25) is 0 Å². The first-order valence-electron chi connectivity index (χ1n) is 9.06. The minimum Gasteiger partial charge on any atom is -0.399 e. The van der Waals surface area contributed by atoms with E-state index in [0.29, 0.717) is 5.69 Å². The van der Waals surface area contributed by atoms with Crippen molar-refractivity contribution >= 4 is 12.6 Å². The van der Waals surface area contributed by atoms with Crippen LogP contribution in [0.1, 0.15) is 52.8 Å². The van der Waals surface area contributed by atoms with E-state index < -0.39 is 5.60 Å². The van der Waals surface area contributed by atoms with Crippen LogP contribution in [0.4, 0.5) is 0 Å². The maximum Gasteiger partial charge on any atom is 0.494 e. The highest BCUT2D eigenvalue weighted by molar-refractivity contribution is 6.62. The van der Waals surface area contributed by atoms with Crippen molar-refractivity contribution in [2.75, 3.05) is 0 Å². The van der Waals surface area contributed by atoms with Gasteiger partial charge < -0.3 is 14.4 Å². The summed E-state index contributed by atoms with van der Waals surface area (Å²) in [5.41, 5.74) is 3.32. The lowest BCUT2D eigenvalue weighted by Gasteiger charge is -2.32. The third-order valence-electron chi connectivity index (χ3n) is 5.48. The maximum absolute atomic E-state index is 10.1. The molecule has 0 bridgehead atoms. The average Bonchev–Trinajstić information content (AvgIpc) is 2.75. The molecule has 2 heterocycles. The molecule has 4 nitrogen and oxygen atoms in total. The Kier molecular flexibility index (Phi) is 4.54. The van der Waals surface area contributed by atoms with Crippen LogP contribution in [0, 0.1) is 6.92 Å². The summed E-state index contributed by atoms with van der Waals surface area (Å²) in [6.07, 6.45) is 1.81. The Labute approximate surface area is 156 Å². The topological polar surface area (TPSA) is 51.6 Å². The first-order valence-corrected chi connectivity index (χ1v) is 9.06. The summed E-state index contributed by atoms with van der Waals surface area (Å²) in [6.45, 7) is 13.8. The molecule has 0 radical (unpaired) electrons. The molecule has 1 aromatic heterocycles. The van der Waals surface area contributed by atoms with E-state index in [9.17, 15) is 5.11 Å². The van der Waals surface area contributed by atoms with Crippen LogP contribution in [-0.4, -0.2) is 28.4 Å². The number of rotatable bonds is 3. The molecule has 1 saturated heterocycles. The van der Waals surface area contributed by atoms with Gasteiger partial charge in [0, 0.05) is 11.8 Å². The molecule has 1 aromatic carbocycles. The monoisotopic (exact) mass is 353 g/mol. The smallest absolute Gasteiger partial charge is 0.399 e. The van der Waals surface area contributed by atoms with Gasteiger partial charge in [-0.05, 0) is 71.1 Å². The van der Waals surface area contributed by atoms with Gasteiger partial charge in [-0.1, -0.05) is 24.3 Å². The molecule has 138 valence electrons. The van der Waals surface area contributed by atoms with Crippen molar-refractivity contribution in [3.63, 3.8) is 0 Å². The number of hydrogen-bond donors (Lipinski definition) is 1. The van der Waals surface area contributed by atoms with Gasteiger partial charge >= 0.3 is 7.12 Å². The van der Waals surface area contributed by atoms with Gasteiger partial charge in [0.1, 0.15) is 5.60 Å². The van der Waals surface area contributed by atoms with E-state index in [0.717, 1.165) is 22.2 Å². The number of aryl methyl sites for hydroxylation is 1. The van der Waals surface area contributed by atoms with Crippen molar-refractivity contribution in [1.29, 1.82) is 0 Å². The van der Waals surface area contributed by atoms with E-state index >= 15 is 0 Å². The highest BCUT2D eigenvalue weighted by atomic mass is 16.7. The first-order chi connectivity index (χ1) is 11.9. The second-order valence-corrected chi connectivity index (χ2v) is 8.65. The molecule has 1 N–H and O–H groups in total. The maximum atomic E-state index is 10.1. The summed E-state index contributed by atoms with van der Waals surface area (Å²) in [5, 5.41) is 10.1. The summed E-state index contributed by atoms with van der Waals surface area (Å²) >= 11 is 0. The van der Waals surface area contributed by atoms with Gasteiger partial charge in [-0.15, -0.1) is 0 Å². The minimum absolute atomic E-state index is 0.346. The van der Waals surface area contributed by atoms with Gasteiger partial charge in [0.05, 0.1) is 16.9 Å². The molecule has 3 rings (SSSR count). The number of pyridine rings is 1. The van der Waals surface area contributed by atoms with Crippen LogP contribution < -0.4 is 5.46 Å². The lowest BCUT2D eigenvalue weighted by molar-refractivity contribution is 0.00578. The Morgan fingerprint density at radius 3 is 2.08 bits per heavy atom. The summed E-state index contributed by atoms with van der Waals surface area (Å²) < 4.78 is 12.3. The number of benzene rings is 1. The third kappa shape index (κ3) is 3.44. The lowest BCUT2D eigenvalue weighted by atomic mass is 9.77. The quantitative estimate of drug-likeness (QED) is 0.857. The standard InChI is InChI=1S/C21H28BNO3/c1-14-12-16(22-25-20(4,5)21(6,7)26-22)9-10-17(14)15-8-11-18(23-13-15)19(2,3)24/h8-13,24H,1-7H3. The Morgan fingerprint density at radius 1 is 1.00 bits per heavy atom. The van der Waals surface area contributed by atoms with E-state index in [1.807, 2.05) is 24.4 Å². The predicted molar refractivity (Wildman–Crippen MR) is 105 cm³/mol. The second-order valence-electron chi connectivity index (χ2n) is 8.65. The normalized spacial score (nSPS) is 19.0. The highest BCUT2D eigenvalue weighted by Gasteiger charge is 2.51. The molecular weight excluding hydrogens is 325 g/mol. The van der Waals surface area contributed by atoms with E-state index in [4.69, 9.17) is 9.31 Å². The summed E-state index contributed by atoms with van der Waals surface area (Å²) in [5.74, 6) is 0. The number of aliphatic hydroxyl groups is 1. The van der Waals surface area contributed by atoms with E-state index in [2.05, 4.69) is 51.7 Å². The average molecular weight is 353 g/mol. The molecular formula is C21H28BNO3. The Hall–Kier alpha value is -1.69. The van der Waals surface area contributed by atoms with Crippen LogP contribution in [0.2, 0.25) is 0 Å². The van der Waals surface area contributed by atoms with Gasteiger partial charge in [0.15, 0.2) is 0 Å². The van der Waals surface area contributed by atoms with E-state index in [1.54, 1.807) is 13.8 Å². The van der Waals surface area contributed by atoms with Crippen molar-refractivity contribution in [2.24, 2.45) is 0 Å². The zero-order valence-electron chi connectivity index (χ0n) is 16.8. The van der Waals surface area contributed by atoms with Crippen molar-refractivity contribution in [2.45, 2.75) is 65.3 Å². The zero-order valence-corrected chi connectivity index (χ0v) is 16.8. The fourth-order valence-corrected chi connectivity index (χ4v) is 3.05. The zero-order chi connectivity index (χ0) is 19.3. The van der Waals surface area contributed by atoms with Gasteiger partial charge in [0.25, 0.3) is 0 Å². The van der Waals surface area contributed by atoms with Crippen LogP contribution in [-0.2, 0) is 14.9 Å². The predicted octanol–water partition coefficient (Wildman–Crippen LogP) is 3.58.